The van der Waals surface area contributed by atoms with Gasteiger partial charge in [0.25, 0.3) is 0 Å². The third-order valence-corrected chi connectivity index (χ3v) is 7.00. The van der Waals surface area contributed by atoms with Crippen molar-refractivity contribution in [1.82, 2.24) is 29.6 Å². The standard InChI is InChI=1S/C23H22N8O2S/c1-2-18(32)30-9-3-4-14(11-30)31-23-19(21(24)27-12-28-23)20(29-31)17-8-7-16(34-17)15-6-5-13(10-26-15)22(25)33/h2,5-8,10,12,14H,1,3-4,9,11H2,(H2,25,33)(H2,24,27,28)/t14-/m1/s1. The maximum atomic E-state index is 12.2. The molecule has 4 aromatic rings. The van der Waals surface area contributed by atoms with Gasteiger partial charge in [-0.25, -0.2) is 14.6 Å². The minimum absolute atomic E-state index is 0.0364. The molecular weight excluding hydrogens is 452 g/mol. The summed E-state index contributed by atoms with van der Waals surface area (Å²) in [5.41, 5.74) is 14.0. The molecule has 1 aliphatic rings. The number of thiophene rings is 1. The number of pyridine rings is 1. The Kier molecular flexibility index (Phi) is 5.54. The molecule has 0 spiro atoms. The van der Waals surface area contributed by atoms with Gasteiger partial charge in [-0.1, -0.05) is 6.58 Å². The second kappa shape index (κ2) is 8.67. The third kappa shape index (κ3) is 3.79. The molecule has 1 aliphatic heterocycles. The molecular formula is C23H22N8O2S. The number of amides is 2. The Labute approximate surface area is 198 Å². The van der Waals surface area contributed by atoms with Crippen molar-refractivity contribution in [3.8, 4) is 21.1 Å². The number of rotatable bonds is 5. The number of piperidine rings is 1. The van der Waals surface area contributed by atoms with E-state index in [0.717, 1.165) is 28.3 Å². The number of likely N-dealkylation sites (tertiary alicyclic amines) is 1. The highest BCUT2D eigenvalue weighted by Gasteiger charge is 2.28. The van der Waals surface area contributed by atoms with Gasteiger partial charge in [-0.3, -0.25) is 14.6 Å². The summed E-state index contributed by atoms with van der Waals surface area (Å²) in [5, 5.41) is 5.59. The molecule has 0 aliphatic carbocycles. The van der Waals surface area contributed by atoms with E-state index in [2.05, 4.69) is 21.5 Å². The number of anilines is 1. The number of primary amides is 1. The number of hydrogen-bond donors (Lipinski definition) is 2. The largest absolute Gasteiger partial charge is 0.383 e. The van der Waals surface area contributed by atoms with Gasteiger partial charge in [0.1, 0.15) is 17.8 Å². The molecule has 2 amide bonds. The molecule has 4 N–H and O–H groups in total. The Morgan fingerprint density at radius 1 is 1.15 bits per heavy atom. The molecule has 0 radical (unpaired) electrons. The van der Waals surface area contributed by atoms with Gasteiger partial charge >= 0.3 is 0 Å². The first-order chi connectivity index (χ1) is 16.5. The normalized spacial score (nSPS) is 16.0. The topological polar surface area (TPSA) is 146 Å². The van der Waals surface area contributed by atoms with Gasteiger partial charge in [0.2, 0.25) is 11.8 Å². The van der Waals surface area contributed by atoms with Crippen molar-refractivity contribution in [3.63, 3.8) is 0 Å². The first-order valence-electron chi connectivity index (χ1n) is 10.7. The van der Waals surface area contributed by atoms with Crippen LogP contribution in [0.2, 0.25) is 0 Å². The Morgan fingerprint density at radius 2 is 1.97 bits per heavy atom. The van der Waals surface area contributed by atoms with Crippen molar-refractivity contribution in [2.24, 2.45) is 5.73 Å². The summed E-state index contributed by atoms with van der Waals surface area (Å²) < 4.78 is 1.87. The van der Waals surface area contributed by atoms with Crippen LogP contribution in [-0.4, -0.2) is 54.5 Å². The van der Waals surface area contributed by atoms with Crippen LogP contribution in [0.4, 0.5) is 5.82 Å². The Morgan fingerprint density at radius 3 is 2.71 bits per heavy atom. The molecule has 0 unspecified atom stereocenters. The van der Waals surface area contributed by atoms with Gasteiger partial charge in [-0.05, 0) is 43.2 Å². The van der Waals surface area contributed by atoms with E-state index >= 15 is 0 Å². The van der Waals surface area contributed by atoms with E-state index in [0.29, 0.717) is 41.2 Å². The number of carbonyl (C=O) groups excluding carboxylic acids is 2. The average Bonchev–Trinajstić information content (AvgIpc) is 3.50. The van der Waals surface area contributed by atoms with Gasteiger partial charge in [0.05, 0.1) is 32.4 Å². The average molecular weight is 475 g/mol. The van der Waals surface area contributed by atoms with Crippen LogP contribution in [0, 0.1) is 0 Å². The fraction of sp³-hybridized carbons (Fsp3) is 0.217. The maximum Gasteiger partial charge on any atom is 0.250 e. The quantitative estimate of drug-likeness (QED) is 0.423. The molecule has 11 heteroatoms. The minimum atomic E-state index is -0.519. The molecule has 1 atom stereocenters. The predicted octanol–water partition coefficient (Wildman–Crippen LogP) is 2.65. The first kappa shape index (κ1) is 21.7. The number of hydrogen-bond acceptors (Lipinski definition) is 8. The molecule has 5 heterocycles. The zero-order chi connectivity index (χ0) is 23.8. The van der Waals surface area contributed by atoms with Crippen molar-refractivity contribution in [2.45, 2.75) is 18.9 Å². The van der Waals surface area contributed by atoms with Crippen molar-refractivity contribution >= 4 is 40.0 Å². The van der Waals surface area contributed by atoms with Gasteiger partial charge in [-0.2, -0.15) is 5.10 Å². The molecule has 1 saturated heterocycles. The van der Waals surface area contributed by atoms with E-state index in [4.69, 9.17) is 16.6 Å². The summed E-state index contributed by atoms with van der Waals surface area (Å²) in [4.78, 5) is 40.1. The Balaban J connectivity index is 1.54. The molecule has 1 fully saturated rings. The summed E-state index contributed by atoms with van der Waals surface area (Å²) in [5.74, 6) is -0.261. The van der Waals surface area contributed by atoms with Gasteiger partial charge in [0, 0.05) is 19.3 Å². The lowest BCUT2D eigenvalue weighted by atomic mass is 10.1. The fourth-order valence-corrected chi connectivity index (χ4v) is 5.17. The summed E-state index contributed by atoms with van der Waals surface area (Å²) in [6.07, 6.45) is 5.96. The molecule has 10 nitrogen and oxygen atoms in total. The smallest absolute Gasteiger partial charge is 0.250 e. The van der Waals surface area contributed by atoms with Gasteiger partial charge < -0.3 is 16.4 Å². The van der Waals surface area contributed by atoms with Crippen LogP contribution in [-0.2, 0) is 4.79 Å². The molecule has 5 rings (SSSR count). The highest BCUT2D eigenvalue weighted by atomic mass is 32.1. The highest BCUT2D eigenvalue weighted by Crippen LogP contribution is 2.39. The van der Waals surface area contributed by atoms with Crippen molar-refractivity contribution in [2.75, 3.05) is 18.8 Å². The molecule has 0 saturated carbocycles. The summed E-state index contributed by atoms with van der Waals surface area (Å²) in [6, 6.07) is 7.28. The number of fused-ring (bicyclic) bond motifs is 1. The molecule has 4 aromatic heterocycles. The van der Waals surface area contributed by atoms with Crippen LogP contribution in [0.3, 0.4) is 0 Å². The van der Waals surface area contributed by atoms with Crippen LogP contribution in [0.5, 0.6) is 0 Å². The molecule has 172 valence electrons. The third-order valence-electron chi connectivity index (χ3n) is 5.89. The van der Waals surface area contributed by atoms with Gasteiger partial charge in [-0.15, -0.1) is 11.3 Å². The first-order valence-corrected chi connectivity index (χ1v) is 11.5. The van der Waals surface area contributed by atoms with Crippen LogP contribution < -0.4 is 11.5 Å². The lowest BCUT2D eigenvalue weighted by Crippen LogP contribution is -2.40. The van der Waals surface area contributed by atoms with E-state index < -0.39 is 5.91 Å². The van der Waals surface area contributed by atoms with Crippen molar-refractivity contribution in [3.05, 3.63) is 55.0 Å². The zero-order valence-corrected chi connectivity index (χ0v) is 19.0. The van der Waals surface area contributed by atoms with E-state index in [9.17, 15) is 9.59 Å². The van der Waals surface area contributed by atoms with Crippen LogP contribution in [0.1, 0.15) is 29.2 Å². The number of carbonyl (C=O) groups is 2. The van der Waals surface area contributed by atoms with Crippen molar-refractivity contribution < 1.29 is 9.59 Å². The number of nitrogen functional groups attached to an aromatic ring is 1. The van der Waals surface area contributed by atoms with E-state index in [-0.39, 0.29) is 11.9 Å². The van der Waals surface area contributed by atoms with Crippen LogP contribution in [0.15, 0.2) is 49.4 Å². The summed E-state index contributed by atoms with van der Waals surface area (Å²) in [6.45, 7) is 4.82. The van der Waals surface area contributed by atoms with Crippen molar-refractivity contribution in [1.29, 1.82) is 0 Å². The van der Waals surface area contributed by atoms with E-state index in [1.165, 1.54) is 29.9 Å². The zero-order valence-electron chi connectivity index (χ0n) is 18.2. The van der Waals surface area contributed by atoms with Crippen LogP contribution >= 0.6 is 11.3 Å². The number of aromatic nitrogens is 5. The summed E-state index contributed by atoms with van der Waals surface area (Å²) in [7, 11) is 0. The van der Waals surface area contributed by atoms with E-state index in [1.54, 1.807) is 17.0 Å². The lowest BCUT2D eigenvalue weighted by molar-refractivity contribution is -0.127. The predicted molar refractivity (Wildman–Crippen MR) is 130 cm³/mol. The number of nitrogens with two attached hydrogens (primary N) is 2. The Hall–Kier alpha value is -4.12. The molecule has 0 bridgehead atoms. The fourth-order valence-electron chi connectivity index (χ4n) is 4.19. The SMILES string of the molecule is C=CC(=O)N1CCC[C@@H](n2nc(-c3ccc(-c4ccc(C(N)=O)cn4)s3)c3c(N)ncnc32)C1. The minimum Gasteiger partial charge on any atom is -0.383 e. The molecule has 0 aromatic carbocycles. The monoisotopic (exact) mass is 474 g/mol. The van der Waals surface area contributed by atoms with Gasteiger partial charge in [0.15, 0.2) is 5.65 Å². The van der Waals surface area contributed by atoms with Crippen LogP contribution in [0.25, 0.3) is 32.2 Å². The number of nitrogens with zero attached hydrogens (tertiary/aromatic N) is 6. The lowest BCUT2D eigenvalue weighted by Gasteiger charge is -2.32. The maximum absolute atomic E-state index is 12.2. The summed E-state index contributed by atoms with van der Waals surface area (Å²) >= 11 is 1.50. The second-order valence-electron chi connectivity index (χ2n) is 8.00. The second-order valence-corrected chi connectivity index (χ2v) is 9.08. The Bertz CT molecular complexity index is 1410. The molecule has 34 heavy (non-hydrogen) atoms. The van der Waals surface area contributed by atoms with E-state index in [1.807, 2.05) is 16.8 Å². The highest BCUT2D eigenvalue weighted by molar-refractivity contribution is 7.18.